The molecule has 33 rings (SSSR count). The van der Waals surface area contributed by atoms with Crippen LogP contribution in [0.1, 0.15) is 43.0 Å². The van der Waals surface area contributed by atoms with Crippen molar-refractivity contribution >= 4 is 297 Å². The smallest absolute Gasteiger partial charge is 0.407 e. The quantitative estimate of drug-likeness (QED) is 0.0421. The summed E-state index contributed by atoms with van der Waals surface area (Å²) in [6.45, 7) is 12.5. The van der Waals surface area contributed by atoms with Gasteiger partial charge < -0.3 is 62.2 Å². The van der Waals surface area contributed by atoms with Gasteiger partial charge in [0.2, 0.25) is 0 Å². The highest BCUT2D eigenvalue weighted by Gasteiger charge is 2.80. The Morgan fingerprint density at radius 2 is 0.633 bits per heavy atom. The summed E-state index contributed by atoms with van der Waals surface area (Å²) >= 11 is 0. The fourth-order valence-corrected chi connectivity index (χ4v) is 27.7. The zero-order chi connectivity index (χ0) is 56.1. The highest BCUT2D eigenvalue weighted by Crippen LogP contribution is 2.86. The van der Waals surface area contributed by atoms with Crippen LogP contribution in [0.3, 0.4) is 0 Å². The summed E-state index contributed by atoms with van der Waals surface area (Å²) < 4.78 is 38.5. The molecular weight excluding hydrogens is 1230 g/mol. The molecule has 420 valence electrons. The summed E-state index contributed by atoms with van der Waals surface area (Å²) in [7, 11) is 4.40. The van der Waals surface area contributed by atoms with Crippen LogP contribution >= 0.6 is 0 Å². The van der Waals surface area contributed by atoms with Gasteiger partial charge in [0.25, 0.3) is 0 Å². The number of amides is 1. The van der Waals surface area contributed by atoms with Crippen LogP contribution < -0.4 is 29.3 Å². The second kappa shape index (κ2) is 11.3. The minimum absolute atomic E-state index is 0. The molecule has 2 atom stereocenters. The van der Waals surface area contributed by atoms with Crippen LogP contribution in [0, 0.1) is 0 Å². The number of halogens is 1. The molecule has 28 aromatic rings. The number of nitrogens with zero attached hydrogens (tertiary/aromatic N) is 1. The predicted molar refractivity (Wildman–Crippen MR) is 363 cm³/mol. The maximum atomic E-state index is 12.5. The highest BCUT2D eigenvalue weighted by molar-refractivity contribution is 6.82. The minimum atomic E-state index is -0.553. The molecule has 5 aliphatic rings. The normalized spacial score (nSPS) is 22.7. The summed E-state index contributed by atoms with van der Waals surface area (Å²) in [5, 5.41) is 90.5. The average molecular weight is 1270 g/mol. The Balaban J connectivity index is 0.00000450. The summed E-state index contributed by atoms with van der Waals surface area (Å²) in [6.07, 6.45) is -0.421. The van der Waals surface area contributed by atoms with Gasteiger partial charge in [-0.05, 0) is 334 Å². The lowest BCUT2D eigenvalue weighted by atomic mass is 9.48. The second-order valence-corrected chi connectivity index (χ2v) is 31.7. The zero-order valence-electron chi connectivity index (χ0n) is 49.2. The number of methoxy groups -OCH3 is 1. The van der Waals surface area contributed by atoms with Crippen molar-refractivity contribution in [2.45, 2.75) is 43.2 Å². The molecule has 1 N–H and O–H groups in total. The molecule has 10 heteroatoms. The van der Waals surface area contributed by atoms with Crippen LogP contribution in [-0.2, 0) is 39.3 Å². The van der Waals surface area contributed by atoms with E-state index in [2.05, 4.69) is 12.4 Å². The molecule has 1 heterocycles. The Labute approximate surface area is 519 Å². The SMILES string of the molecule is COCCOCCOCC1C23c4c5c6c7c8c9c(c%10c%11c2c2c4c4c%12c5c5c6c6c8c8c%13c9c9c%10c%10c%11c%11c2c2c4c4c%12c%12c5c5c6c8c6c8c%13c9c9c%10c%10c%11c2c2c4c4c%12c5c6c5c8c9c%10c2c45)C73C[N+]1(C)CCOCCOCCNC(=O)OC(C)(C)C.[I-]. The van der Waals surface area contributed by atoms with E-state index >= 15 is 0 Å². The number of quaternary nitrogens is 1. The van der Waals surface area contributed by atoms with Crippen molar-refractivity contribution in [1.82, 2.24) is 5.32 Å². The van der Waals surface area contributed by atoms with E-state index < -0.39 is 22.5 Å². The van der Waals surface area contributed by atoms with E-state index in [-0.39, 0.29) is 30.0 Å². The first-order chi connectivity index (χ1) is 43.7. The Morgan fingerprint density at radius 3 is 0.933 bits per heavy atom. The van der Waals surface area contributed by atoms with Gasteiger partial charge in [-0.15, -0.1) is 0 Å². The van der Waals surface area contributed by atoms with Crippen molar-refractivity contribution in [2.75, 3.05) is 93.3 Å². The maximum absolute atomic E-state index is 12.5. The van der Waals surface area contributed by atoms with Gasteiger partial charge in [-0.3, -0.25) is 0 Å². The lowest BCUT2D eigenvalue weighted by Crippen LogP contribution is -3.00. The van der Waals surface area contributed by atoms with Gasteiger partial charge in [-0.1, -0.05) is 0 Å². The number of nitrogens with one attached hydrogen (secondary N) is 1. The molecule has 0 aromatic heterocycles. The molecule has 0 bridgehead atoms. The predicted octanol–water partition coefficient (Wildman–Crippen LogP) is 14.4. The number of benzene rings is 18. The number of carbonyl (C=O) groups excluding carboxylic acids is 1. The van der Waals surface area contributed by atoms with Crippen LogP contribution in [0.15, 0.2) is 0 Å². The topological polar surface area (TPSA) is 84.5 Å². The van der Waals surface area contributed by atoms with E-state index in [4.69, 9.17) is 28.4 Å². The van der Waals surface area contributed by atoms with Crippen molar-refractivity contribution in [2.24, 2.45) is 0 Å². The summed E-state index contributed by atoms with van der Waals surface area (Å²) in [5.74, 6) is 0. The average Bonchev–Trinajstić information content (AvgIpc) is 1.38. The monoisotopic (exact) mass is 1270 g/mol. The number of hydrogen-bond donors (Lipinski definition) is 1. The third kappa shape index (κ3) is 2.99. The first kappa shape index (κ1) is 43.1. The standard InChI is InChI=1S/C80H40N2O7.HI/c1-78(2,3)89-77(83)81-6-8-85-12-13-86-9-7-82(4)17-79-73-65-57-47-37-29-21-19-20-23-27-25(21)33-41-35(27)45-39-31(23)32-24(20)28-26-22(19)30(29)38-44-34(26)42-36(28)46-40(32)50-49(39)61-55(45)63-53(41)59(51(57)43(33)37)67(73)69(63)75-71(61)72-62(50)56(46)64-54(42)60-52(44)58(48(38)47)66(65)74(79)68(60)70(64)76(72)80(75,79)18(82)16-88-15-14-87-11-10-84-5;/h18H,6-17H2,1-5H3;1H. The van der Waals surface area contributed by atoms with Crippen LogP contribution in [-0.4, -0.2) is 115 Å². The number of alkyl carbamates (subject to hydrolysis) is 1. The van der Waals surface area contributed by atoms with Crippen molar-refractivity contribution < 1.29 is 61.7 Å². The number of hydrogen-bond acceptors (Lipinski definition) is 7. The van der Waals surface area contributed by atoms with E-state index in [1.807, 2.05) is 20.8 Å². The van der Waals surface area contributed by atoms with Crippen molar-refractivity contribution in [3.8, 4) is 0 Å². The lowest BCUT2D eigenvalue weighted by molar-refractivity contribution is -0.924. The van der Waals surface area contributed by atoms with Gasteiger partial charge in [0.1, 0.15) is 18.2 Å². The van der Waals surface area contributed by atoms with Gasteiger partial charge >= 0.3 is 6.09 Å². The third-order valence-electron chi connectivity index (χ3n) is 28.5. The van der Waals surface area contributed by atoms with Gasteiger partial charge in [0.15, 0.2) is 0 Å². The molecule has 1 aliphatic heterocycles. The Morgan fingerprint density at radius 1 is 0.378 bits per heavy atom. The van der Waals surface area contributed by atoms with Crippen molar-refractivity contribution in [1.29, 1.82) is 0 Å². The van der Waals surface area contributed by atoms with E-state index in [0.29, 0.717) is 66.0 Å². The third-order valence-corrected chi connectivity index (χ3v) is 28.5. The number of carbonyl (C=O) groups is 1. The van der Waals surface area contributed by atoms with Crippen LogP contribution in [0.5, 0.6) is 0 Å². The molecule has 1 amide bonds. The largest absolute Gasteiger partial charge is 1.00 e. The molecule has 4 aliphatic carbocycles. The van der Waals surface area contributed by atoms with E-state index in [1.54, 1.807) is 320 Å². The van der Waals surface area contributed by atoms with Crippen LogP contribution in [0.4, 0.5) is 4.79 Å². The van der Waals surface area contributed by atoms with Crippen molar-refractivity contribution in [3.63, 3.8) is 0 Å². The first-order valence-electron chi connectivity index (χ1n) is 33.1. The number of rotatable bonds is 17. The van der Waals surface area contributed by atoms with Gasteiger partial charge in [-0.25, -0.2) is 4.79 Å². The fraction of sp³-hybridized carbons (Fsp3) is 0.263. The number of likely N-dealkylation sites (N-methyl/N-ethyl adjacent to an activating group) is 1. The van der Waals surface area contributed by atoms with Crippen molar-refractivity contribution in [3.05, 3.63) is 22.3 Å². The lowest BCUT2D eigenvalue weighted by Gasteiger charge is -2.49. The fourth-order valence-electron chi connectivity index (χ4n) is 27.7. The molecule has 0 radical (unpaired) electrons. The maximum Gasteiger partial charge on any atom is 0.407 e. The molecule has 1 fully saturated rings. The Hall–Kier alpha value is -7.78. The zero-order valence-corrected chi connectivity index (χ0v) is 51.4. The summed E-state index contributed by atoms with van der Waals surface area (Å²) in [5.41, 5.74) is 5.37. The molecule has 28 aromatic carbocycles. The Kier molecular flexibility index (Phi) is 5.40. The summed E-state index contributed by atoms with van der Waals surface area (Å²) in [6, 6.07) is 0.0380. The van der Waals surface area contributed by atoms with Gasteiger partial charge in [-0.2, -0.15) is 0 Å². The van der Waals surface area contributed by atoms with E-state index in [0.717, 1.165) is 17.6 Å². The molecule has 1 saturated heterocycles. The number of likely N-dealkylation sites (tertiary alicyclic amines) is 1. The van der Waals surface area contributed by atoms with Crippen LogP contribution in [0.2, 0.25) is 0 Å². The molecule has 9 nitrogen and oxygen atoms in total. The molecule has 0 saturated carbocycles. The first-order valence-corrected chi connectivity index (χ1v) is 33.1. The molecule has 2 spiro atoms. The number of ether oxygens (including phenoxy) is 6. The summed E-state index contributed by atoms with van der Waals surface area (Å²) in [4.78, 5) is 12.5. The van der Waals surface area contributed by atoms with Crippen LogP contribution in [0.25, 0.3) is 291 Å². The minimum Gasteiger partial charge on any atom is -1.00 e. The van der Waals surface area contributed by atoms with E-state index in [9.17, 15) is 4.79 Å². The Bertz CT molecular complexity index is 7530. The van der Waals surface area contributed by atoms with E-state index in [1.165, 1.54) is 0 Å². The molecule has 2 unspecified atom stereocenters. The van der Waals surface area contributed by atoms with Gasteiger partial charge in [0.05, 0.1) is 83.9 Å². The van der Waals surface area contributed by atoms with Gasteiger partial charge in [0, 0.05) is 13.7 Å². The molecular formula is C80H41IN2O7. The molecule has 90 heavy (non-hydrogen) atoms. The highest BCUT2D eigenvalue weighted by atomic mass is 127. The second-order valence-electron chi connectivity index (χ2n) is 31.7.